The molecule has 0 heterocycles. The Morgan fingerprint density at radius 3 is 2.38 bits per heavy atom. The summed E-state index contributed by atoms with van der Waals surface area (Å²) in [6.45, 7) is 0.784. The van der Waals surface area contributed by atoms with Crippen molar-refractivity contribution in [3.05, 3.63) is 0 Å². The number of hydrogen-bond acceptors (Lipinski definition) is 2. The van der Waals surface area contributed by atoms with Gasteiger partial charge in [0.2, 0.25) is 5.91 Å². The standard InChI is InChI=1S/C13H21NO2/c15-9-5-8(6-9)7-14-13(16)12-10-3-1-2-4-11(10)12/h8-12,15H,1-7H2,(H,14,16). The predicted octanol–water partition coefficient (Wildman–Crippen LogP) is 1.31. The molecule has 3 heteroatoms. The van der Waals surface area contributed by atoms with E-state index in [9.17, 15) is 4.79 Å². The third-order valence-corrected chi connectivity index (χ3v) is 4.74. The van der Waals surface area contributed by atoms with E-state index in [2.05, 4.69) is 5.32 Å². The van der Waals surface area contributed by atoms with Gasteiger partial charge >= 0.3 is 0 Å². The highest BCUT2D eigenvalue weighted by Crippen LogP contribution is 2.55. The monoisotopic (exact) mass is 223 g/mol. The highest BCUT2D eigenvalue weighted by atomic mass is 16.3. The van der Waals surface area contributed by atoms with Crippen molar-refractivity contribution in [2.24, 2.45) is 23.7 Å². The maximum Gasteiger partial charge on any atom is 0.223 e. The molecule has 3 saturated carbocycles. The van der Waals surface area contributed by atoms with Crippen LogP contribution >= 0.6 is 0 Å². The van der Waals surface area contributed by atoms with Gasteiger partial charge in [-0.1, -0.05) is 12.8 Å². The number of carbonyl (C=O) groups is 1. The molecule has 16 heavy (non-hydrogen) atoms. The number of nitrogens with one attached hydrogen (secondary N) is 1. The highest BCUT2D eigenvalue weighted by molar-refractivity contribution is 5.82. The molecule has 0 spiro atoms. The molecule has 90 valence electrons. The first kappa shape index (κ1) is 10.6. The van der Waals surface area contributed by atoms with Crippen LogP contribution in [0.2, 0.25) is 0 Å². The average molecular weight is 223 g/mol. The normalized spacial score (nSPS) is 45.4. The van der Waals surface area contributed by atoms with Crippen LogP contribution in [0.3, 0.4) is 0 Å². The first-order valence-corrected chi connectivity index (χ1v) is 6.71. The van der Waals surface area contributed by atoms with E-state index < -0.39 is 0 Å². The molecule has 0 aromatic rings. The van der Waals surface area contributed by atoms with Crippen LogP contribution in [0.5, 0.6) is 0 Å². The Labute approximate surface area is 96.6 Å². The summed E-state index contributed by atoms with van der Waals surface area (Å²) in [7, 11) is 0. The van der Waals surface area contributed by atoms with Gasteiger partial charge in [-0.25, -0.2) is 0 Å². The van der Waals surface area contributed by atoms with E-state index in [4.69, 9.17) is 5.11 Å². The van der Waals surface area contributed by atoms with Gasteiger partial charge in [-0.3, -0.25) is 4.79 Å². The summed E-state index contributed by atoms with van der Waals surface area (Å²) in [4.78, 5) is 11.9. The number of fused-ring (bicyclic) bond motifs is 1. The minimum Gasteiger partial charge on any atom is -0.393 e. The summed E-state index contributed by atoms with van der Waals surface area (Å²) < 4.78 is 0. The lowest BCUT2D eigenvalue weighted by atomic mass is 9.82. The molecule has 3 aliphatic carbocycles. The molecule has 1 amide bonds. The topological polar surface area (TPSA) is 49.3 Å². The van der Waals surface area contributed by atoms with Crippen LogP contribution in [0.25, 0.3) is 0 Å². The van der Waals surface area contributed by atoms with Gasteiger partial charge in [-0.15, -0.1) is 0 Å². The number of carbonyl (C=O) groups excluding carboxylic acids is 1. The number of hydrogen-bond donors (Lipinski definition) is 2. The second-order valence-corrected chi connectivity index (χ2v) is 5.87. The second kappa shape index (κ2) is 4.02. The molecule has 3 nitrogen and oxygen atoms in total. The number of aliphatic hydroxyl groups excluding tert-OH is 1. The van der Waals surface area contributed by atoms with E-state index in [0.29, 0.717) is 29.6 Å². The van der Waals surface area contributed by atoms with Crippen molar-refractivity contribution in [2.75, 3.05) is 6.54 Å². The second-order valence-electron chi connectivity index (χ2n) is 5.87. The van der Waals surface area contributed by atoms with Crippen LogP contribution in [-0.2, 0) is 4.79 Å². The molecule has 3 fully saturated rings. The van der Waals surface area contributed by atoms with Gasteiger partial charge in [0.25, 0.3) is 0 Å². The Morgan fingerprint density at radius 2 is 1.81 bits per heavy atom. The Hall–Kier alpha value is -0.570. The maximum absolute atomic E-state index is 11.9. The van der Waals surface area contributed by atoms with Crippen LogP contribution in [0.1, 0.15) is 38.5 Å². The molecule has 3 rings (SSSR count). The van der Waals surface area contributed by atoms with Crippen molar-refractivity contribution >= 4 is 5.91 Å². The molecule has 3 aliphatic rings. The zero-order chi connectivity index (χ0) is 11.1. The van der Waals surface area contributed by atoms with Crippen molar-refractivity contribution in [1.29, 1.82) is 0 Å². The number of rotatable bonds is 3. The van der Waals surface area contributed by atoms with Gasteiger partial charge in [-0.2, -0.15) is 0 Å². The van der Waals surface area contributed by atoms with E-state index in [-0.39, 0.29) is 6.10 Å². The maximum atomic E-state index is 11.9. The third kappa shape index (κ3) is 1.86. The fraction of sp³-hybridized carbons (Fsp3) is 0.923. The zero-order valence-corrected chi connectivity index (χ0v) is 9.69. The lowest BCUT2D eigenvalue weighted by molar-refractivity contribution is -0.123. The summed E-state index contributed by atoms with van der Waals surface area (Å²) in [5.74, 6) is 2.58. The van der Waals surface area contributed by atoms with Crippen molar-refractivity contribution in [1.82, 2.24) is 5.32 Å². The SMILES string of the molecule is O=C(NCC1CC(O)C1)C1C2CCCCC21. The zero-order valence-electron chi connectivity index (χ0n) is 9.69. The van der Waals surface area contributed by atoms with Crippen LogP contribution in [0.15, 0.2) is 0 Å². The van der Waals surface area contributed by atoms with E-state index in [1.165, 1.54) is 25.7 Å². The lowest BCUT2D eigenvalue weighted by Gasteiger charge is -2.31. The fourth-order valence-electron chi connectivity index (χ4n) is 3.61. The Kier molecular flexibility index (Phi) is 2.66. The molecule has 2 N–H and O–H groups in total. The smallest absolute Gasteiger partial charge is 0.223 e. The Morgan fingerprint density at radius 1 is 1.19 bits per heavy atom. The predicted molar refractivity (Wildman–Crippen MR) is 60.7 cm³/mol. The lowest BCUT2D eigenvalue weighted by Crippen LogP contribution is -2.39. The molecule has 0 aromatic heterocycles. The molecule has 0 radical (unpaired) electrons. The molecular formula is C13H21NO2. The summed E-state index contributed by atoms with van der Waals surface area (Å²) in [6, 6.07) is 0. The van der Waals surface area contributed by atoms with Crippen molar-refractivity contribution < 1.29 is 9.90 Å². The number of aliphatic hydroxyl groups is 1. The molecule has 2 unspecified atom stereocenters. The summed E-state index contributed by atoms with van der Waals surface area (Å²) in [5.41, 5.74) is 0. The van der Waals surface area contributed by atoms with Crippen LogP contribution in [0, 0.1) is 23.7 Å². The van der Waals surface area contributed by atoms with Crippen molar-refractivity contribution in [3.63, 3.8) is 0 Å². The molecule has 0 aliphatic heterocycles. The third-order valence-electron chi connectivity index (χ3n) is 4.74. The average Bonchev–Trinajstić information content (AvgIpc) is 2.96. The van der Waals surface area contributed by atoms with Crippen LogP contribution < -0.4 is 5.32 Å². The summed E-state index contributed by atoms with van der Waals surface area (Å²) in [5, 5.41) is 12.2. The van der Waals surface area contributed by atoms with Crippen LogP contribution in [-0.4, -0.2) is 23.7 Å². The first-order chi connectivity index (χ1) is 7.75. The van der Waals surface area contributed by atoms with E-state index in [1.54, 1.807) is 0 Å². The highest BCUT2D eigenvalue weighted by Gasteiger charge is 2.54. The van der Waals surface area contributed by atoms with Gasteiger partial charge in [-0.05, 0) is 43.4 Å². The molecule has 0 bridgehead atoms. The Balaban J connectivity index is 1.41. The van der Waals surface area contributed by atoms with Gasteiger partial charge in [0.15, 0.2) is 0 Å². The van der Waals surface area contributed by atoms with Crippen molar-refractivity contribution in [2.45, 2.75) is 44.6 Å². The van der Waals surface area contributed by atoms with Gasteiger partial charge in [0.1, 0.15) is 0 Å². The van der Waals surface area contributed by atoms with E-state index in [1.807, 2.05) is 0 Å². The molecular weight excluding hydrogens is 202 g/mol. The van der Waals surface area contributed by atoms with Crippen molar-refractivity contribution in [3.8, 4) is 0 Å². The summed E-state index contributed by atoms with van der Waals surface area (Å²) in [6.07, 6.45) is 6.82. The Bertz CT molecular complexity index is 274. The van der Waals surface area contributed by atoms with Crippen LogP contribution in [0.4, 0.5) is 0 Å². The van der Waals surface area contributed by atoms with Gasteiger partial charge in [0, 0.05) is 12.5 Å². The van der Waals surface area contributed by atoms with E-state index >= 15 is 0 Å². The molecule has 2 atom stereocenters. The molecule has 0 aromatic carbocycles. The molecule has 0 saturated heterocycles. The fourth-order valence-corrected chi connectivity index (χ4v) is 3.61. The van der Waals surface area contributed by atoms with E-state index in [0.717, 1.165) is 19.4 Å². The van der Waals surface area contributed by atoms with Gasteiger partial charge in [0.05, 0.1) is 6.10 Å². The first-order valence-electron chi connectivity index (χ1n) is 6.71. The largest absolute Gasteiger partial charge is 0.393 e. The summed E-state index contributed by atoms with van der Waals surface area (Å²) >= 11 is 0. The number of amides is 1. The minimum absolute atomic E-state index is 0.106. The van der Waals surface area contributed by atoms with Gasteiger partial charge < -0.3 is 10.4 Å². The minimum atomic E-state index is -0.106. The quantitative estimate of drug-likeness (QED) is 0.758.